The Morgan fingerprint density at radius 2 is 1.61 bits per heavy atom. The molecule has 38 heavy (non-hydrogen) atoms. The van der Waals surface area contributed by atoms with Crippen molar-refractivity contribution in [3.63, 3.8) is 0 Å². The van der Waals surface area contributed by atoms with Gasteiger partial charge in [0.25, 0.3) is 5.91 Å². The second-order valence-electron chi connectivity index (χ2n) is 7.89. The Balaban J connectivity index is 1.94. The number of rotatable bonds is 7. The number of aliphatic imine (C=N–C) groups is 1. The summed E-state index contributed by atoms with van der Waals surface area (Å²) in [6, 6.07) is 16.2. The number of anilines is 1. The van der Waals surface area contributed by atoms with Gasteiger partial charge in [-0.05, 0) is 58.4 Å². The number of ether oxygens (including phenoxy) is 4. The Labute approximate surface area is 236 Å². The molecule has 1 N–H and O–H groups in total. The molecule has 1 amide bonds. The zero-order chi connectivity index (χ0) is 27.4. The minimum Gasteiger partial charge on any atom is -0.493 e. The van der Waals surface area contributed by atoms with E-state index in [2.05, 4.69) is 37.3 Å². The van der Waals surface area contributed by atoms with Crippen LogP contribution >= 0.6 is 31.9 Å². The molecule has 3 aromatic rings. The van der Waals surface area contributed by atoms with Gasteiger partial charge < -0.3 is 18.9 Å². The predicted molar refractivity (Wildman–Crippen MR) is 151 cm³/mol. The lowest BCUT2D eigenvalue weighted by Gasteiger charge is -2.31. The minimum absolute atomic E-state index is 0.0827. The first kappa shape index (κ1) is 27.2. The number of nitrogens with one attached hydrogen (secondary N) is 1. The number of para-hydroxylation sites is 1. The lowest BCUT2D eigenvalue weighted by molar-refractivity contribution is -0.132. The molecular weight excluding hydrogens is 622 g/mol. The van der Waals surface area contributed by atoms with E-state index in [4.69, 9.17) is 23.9 Å². The van der Waals surface area contributed by atoms with Crippen LogP contribution in [0.4, 0.5) is 5.69 Å². The molecule has 0 unspecified atom stereocenters. The fourth-order valence-corrected chi connectivity index (χ4v) is 5.12. The number of hydrogen-bond acceptors (Lipinski definition) is 8. The fourth-order valence-electron chi connectivity index (χ4n) is 3.78. The summed E-state index contributed by atoms with van der Waals surface area (Å²) >= 11 is 6.86. The van der Waals surface area contributed by atoms with Gasteiger partial charge in [0.15, 0.2) is 23.1 Å². The molecule has 0 radical (unpaired) electrons. The molecule has 1 aliphatic rings. The number of esters is 1. The van der Waals surface area contributed by atoms with Crippen LogP contribution in [0.25, 0.3) is 6.08 Å². The molecule has 0 fully saturated rings. The van der Waals surface area contributed by atoms with Crippen molar-refractivity contribution < 1.29 is 28.5 Å². The normalized spacial score (nSPS) is 14.1. The van der Waals surface area contributed by atoms with E-state index in [-0.39, 0.29) is 11.4 Å². The lowest BCUT2D eigenvalue weighted by atomic mass is 10.1. The van der Waals surface area contributed by atoms with Gasteiger partial charge in [-0.2, -0.15) is 0 Å². The third kappa shape index (κ3) is 5.68. The summed E-state index contributed by atoms with van der Waals surface area (Å²) in [6.07, 6.45) is 1.55. The SMILES string of the molecule is COc1cc(C2=N/C(=C\c3cc(Br)cc(Br)c3OC(C)=O)C(=O)NN2c2ccccc2)cc(OC)c1OC. The van der Waals surface area contributed by atoms with Crippen LogP contribution in [0.5, 0.6) is 23.0 Å². The maximum atomic E-state index is 13.3. The molecule has 0 aliphatic carbocycles. The number of amidine groups is 1. The monoisotopic (exact) mass is 643 g/mol. The van der Waals surface area contributed by atoms with E-state index in [1.807, 2.05) is 30.3 Å². The largest absolute Gasteiger partial charge is 0.493 e. The van der Waals surface area contributed by atoms with E-state index >= 15 is 0 Å². The minimum atomic E-state index is -0.502. The van der Waals surface area contributed by atoms with Crippen LogP contribution in [0.3, 0.4) is 0 Å². The number of benzene rings is 3. The number of nitrogens with zero attached hydrogens (tertiary/aromatic N) is 2. The first-order chi connectivity index (χ1) is 18.2. The average molecular weight is 645 g/mol. The number of amides is 1. The highest BCUT2D eigenvalue weighted by molar-refractivity contribution is 9.11. The molecule has 0 saturated carbocycles. The van der Waals surface area contributed by atoms with E-state index in [1.54, 1.807) is 35.4 Å². The number of hydrazine groups is 1. The van der Waals surface area contributed by atoms with E-state index < -0.39 is 11.9 Å². The standard InChI is InChI=1S/C27H23Br2N3O6/c1-15(33)38-24-16(10-18(28)14-20(24)29)11-21-27(34)31-32(19-8-6-5-7-9-19)26(30-21)17-12-22(35-2)25(37-4)23(13-17)36-3/h5-14H,1-4H3,(H,31,34)/b21-11-. The summed E-state index contributed by atoms with van der Waals surface area (Å²) < 4.78 is 23.2. The van der Waals surface area contributed by atoms with Crippen LogP contribution in [0, 0.1) is 0 Å². The predicted octanol–water partition coefficient (Wildman–Crippen LogP) is 5.50. The summed E-state index contributed by atoms with van der Waals surface area (Å²) in [7, 11) is 4.56. The second kappa shape index (κ2) is 11.7. The van der Waals surface area contributed by atoms with Crippen LogP contribution in [0.2, 0.25) is 0 Å². The van der Waals surface area contributed by atoms with Gasteiger partial charge in [0, 0.05) is 22.5 Å². The maximum absolute atomic E-state index is 13.3. The molecule has 11 heteroatoms. The Morgan fingerprint density at radius 1 is 0.947 bits per heavy atom. The molecule has 0 spiro atoms. The number of methoxy groups -OCH3 is 3. The van der Waals surface area contributed by atoms with Crippen molar-refractivity contribution in [2.24, 2.45) is 4.99 Å². The van der Waals surface area contributed by atoms with E-state index in [1.165, 1.54) is 28.3 Å². The van der Waals surface area contributed by atoms with Crippen LogP contribution in [0.1, 0.15) is 18.1 Å². The van der Waals surface area contributed by atoms with Crippen molar-refractivity contribution >= 4 is 61.3 Å². The number of carbonyl (C=O) groups is 2. The Morgan fingerprint density at radius 3 is 2.18 bits per heavy atom. The zero-order valence-corrected chi connectivity index (χ0v) is 24.0. The Bertz CT molecular complexity index is 1430. The zero-order valence-electron chi connectivity index (χ0n) is 20.9. The Kier molecular flexibility index (Phi) is 8.38. The smallest absolute Gasteiger partial charge is 0.308 e. The highest BCUT2D eigenvalue weighted by Gasteiger charge is 2.29. The quantitative estimate of drug-likeness (QED) is 0.206. The van der Waals surface area contributed by atoms with Crippen molar-refractivity contribution in [2.45, 2.75) is 6.92 Å². The molecule has 0 atom stereocenters. The van der Waals surface area contributed by atoms with Gasteiger partial charge in [-0.1, -0.05) is 34.1 Å². The lowest BCUT2D eigenvalue weighted by Crippen LogP contribution is -2.50. The van der Waals surface area contributed by atoms with Crippen LogP contribution < -0.4 is 29.4 Å². The van der Waals surface area contributed by atoms with E-state index in [0.29, 0.717) is 48.8 Å². The van der Waals surface area contributed by atoms with Gasteiger partial charge in [0.05, 0.1) is 31.5 Å². The van der Waals surface area contributed by atoms with Crippen LogP contribution in [-0.4, -0.2) is 39.0 Å². The molecule has 3 aromatic carbocycles. The third-order valence-corrected chi connectivity index (χ3v) is 6.44. The maximum Gasteiger partial charge on any atom is 0.308 e. The fraction of sp³-hybridized carbons (Fsp3) is 0.148. The van der Waals surface area contributed by atoms with Crippen LogP contribution in [-0.2, 0) is 9.59 Å². The summed E-state index contributed by atoms with van der Waals surface area (Å²) in [6.45, 7) is 1.30. The summed E-state index contributed by atoms with van der Waals surface area (Å²) in [5, 5.41) is 1.57. The highest BCUT2D eigenvalue weighted by Crippen LogP contribution is 2.40. The first-order valence-corrected chi connectivity index (χ1v) is 12.8. The number of hydrogen-bond donors (Lipinski definition) is 1. The van der Waals surface area contributed by atoms with E-state index in [9.17, 15) is 9.59 Å². The van der Waals surface area contributed by atoms with Gasteiger partial charge >= 0.3 is 5.97 Å². The van der Waals surface area contributed by atoms with E-state index in [0.717, 1.165) is 0 Å². The Hall–Kier alpha value is -3.83. The first-order valence-electron chi connectivity index (χ1n) is 11.2. The molecule has 1 aliphatic heterocycles. The van der Waals surface area contributed by atoms with Crippen molar-refractivity contribution in [1.82, 2.24) is 5.43 Å². The molecule has 0 aromatic heterocycles. The van der Waals surface area contributed by atoms with Crippen LogP contribution in [0.15, 0.2) is 74.2 Å². The van der Waals surface area contributed by atoms with Gasteiger partial charge in [-0.25, -0.2) is 10.0 Å². The van der Waals surface area contributed by atoms with Crippen molar-refractivity contribution in [2.75, 3.05) is 26.3 Å². The molecule has 0 saturated heterocycles. The molecule has 0 bridgehead atoms. The average Bonchev–Trinajstić information content (AvgIpc) is 2.90. The van der Waals surface area contributed by atoms with Crippen molar-refractivity contribution in [1.29, 1.82) is 0 Å². The van der Waals surface area contributed by atoms with Gasteiger partial charge in [0.1, 0.15) is 5.70 Å². The van der Waals surface area contributed by atoms with Gasteiger partial charge in [-0.15, -0.1) is 0 Å². The summed E-state index contributed by atoms with van der Waals surface area (Å²) in [5.74, 6) is 0.959. The van der Waals surface area contributed by atoms with Gasteiger partial charge in [-0.3, -0.25) is 15.0 Å². The summed E-state index contributed by atoms with van der Waals surface area (Å²) in [4.78, 5) is 29.8. The third-order valence-electron chi connectivity index (χ3n) is 5.40. The highest BCUT2D eigenvalue weighted by atomic mass is 79.9. The molecular formula is C27H23Br2N3O6. The molecule has 4 rings (SSSR count). The molecule has 1 heterocycles. The number of halogens is 2. The summed E-state index contributed by atoms with van der Waals surface area (Å²) in [5.41, 5.74) is 4.71. The topological polar surface area (TPSA) is 98.7 Å². The van der Waals surface area contributed by atoms with Crippen molar-refractivity contribution in [3.05, 3.63) is 80.4 Å². The second-order valence-corrected chi connectivity index (χ2v) is 9.66. The molecule has 9 nitrogen and oxygen atoms in total. The van der Waals surface area contributed by atoms with Crippen molar-refractivity contribution in [3.8, 4) is 23.0 Å². The number of carbonyl (C=O) groups excluding carboxylic acids is 2. The van der Waals surface area contributed by atoms with Gasteiger partial charge in [0.2, 0.25) is 5.75 Å². The molecule has 196 valence electrons.